The van der Waals surface area contributed by atoms with Crippen LogP contribution < -0.4 is 5.73 Å². The number of carbonyl (C=O) groups is 2. The van der Waals surface area contributed by atoms with Crippen LogP contribution >= 0.6 is 11.6 Å². The zero-order chi connectivity index (χ0) is 14.6. The number of hydrogen-bond donors (Lipinski definition) is 4. The average Bonchev–Trinajstić information content (AvgIpc) is 2.26. The smallest absolute Gasteiger partial charge is 0.307 e. The largest absolute Gasteiger partial charge is 0.481 e. The van der Waals surface area contributed by atoms with Crippen LogP contribution in [0, 0.1) is 0 Å². The second kappa shape index (κ2) is 6.51. The molecule has 2 atom stereocenters. The predicted octanol–water partition coefficient (Wildman–Crippen LogP) is 0.237. The average molecular weight is 288 g/mol. The molecule has 2 unspecified atom stereocenters. The van der Waals surface area contributed by atoms with Gasteiger partial charge in [0.25, 0.3) is 0 Å². The van der Waals surface area contributed by atoms with Gasteiger partial charge in [-0.2, -0.15) is 0 Å². The Balaban J connectivity index is 3.03. The standard InChI is InChI=1S/C12H14ClNO5/c13-7-1-2-8(6(3-7)4-11(17)18)12(19)9(15)5-10(14)16/h1-3,9,12,15,19H,4-5H2,(H2,14,16)(H,17,18). The van der Waals surface area contributed by atoms with Gasteiger partial charge in [0.1, 0.15) is 6.10 Å². The topological polar surface area (TPSA) is 121 Å². The minimum Gasteiger partial charge on any atom is -0.481 e. The number of aliphatic carboxylic acids is 1. The lowest BCUT2D eigenvalue weighted by atomic mass is 9.95. The maximum absolute atomic E-state index is 10.7. The Morgan fingerprint density at radius 3 is 2.47 bits per heavy atom. The molecule has 104 valence electrons. The minimum atomic E-state index is -1.40. The summed E-state index contributed by atoms with van der Waals surface area (Å²) in [6.45, 7) is 0. The summed E-state index contributed by atoms with van der Waals surface area (Å²) in [4.78, 5) is 21.4. The molecule has 0 saturated heterocycles. The van der Waals surface area contributed by atoms with Crippen LogP contribution in [-0.2, 0) is 16.0 Å². The zero-order valence-corrected chi connectivity index (χ0v) is 10.7. The Morgan fingerprint density at radius 1 is 1.32 bits per heavy atom. The molecule has 1 aromatic rings. The quantitative estimate of drug-likeness (QED) is 0.597. The van der Waals surface area contributed by atoms with Gasteiger partial charge in [-0.3, -0.25) is 9.59 Å². The van der Waals surface area contributed by atoms with Crippen LogP contribution in [0.1, 0.15) is 23.7 Å². The number of carbonyl (C=O) groups excluding carboxylic acids is 1. The van der Waals surface area contributed by atoms with Crippen molar-refractivity contribution in [2.45, 2.75) is 25.0 Å². The fraction of sp³-hybridized carbons (Fsp3) is 0.333. The van der Waals surface area contributed by atoms with Gasteiger partial charge < -0.3 is 21.1 Å². The van der Waals surface area contributed by atoms with Gasteiger partial charge in [-0.1, -0.05) is 17.7 Å². The Bertz CT molecular complexity index is 491. The second-order valence-corrected chi connectivity index (χ2v) is 4.53. The number of nitrogens with two attached hydrogens (primary N) is 1. The van der Waals surface area contributed by atoms with E-state index in [-0.39, 0.29) is 17.5 Å². The van der Waals surface area contributed by atoms with Crippen molar-refractivity contribution >= 4 is 23.5 Å². The summed E-state index contributed by atoms with van der Waals surface area (Å²) < 4.78 is 0. The van der Waals surface area contributed by atoms with Crippen LogP contribution in [0.3, 0.4) is 0 Å². The lowest BCUT2D eigenvalue weighted by molar-refractivity contribution is -0.136. The van der Waals surface area contributed by atoms with Crippen LogP contribution in [0.25, 0.3) is 0 Å². The number of aliphatic hydroxyl groups excluding tert-OH is 2. The molecule has 0 spiro atoms. The van der Waals surface area contributed by atoms with E-state index in [1.54, 1.807) is 0 Å². The van der Waals surface area contributed by atoms with Crippen LogP contribution in [-0.4, -0.2) is 33.3 Å². The molecule has 7 heteroatoms. The van der Waals surface area contributed by atoms with Crippen LogP contribution in [0.5, 0.6) is 0 Å². The van der Waals surface area contributed by atoms with E-state index in [0.717, 1.165) is 0 Å². The van der Waals surface area contributed by atoms with Crippen molar-refractivity contribution in [3.05, 3.63) is 34.3 Å². The molecule has 0 aliphatic rings. The maximum Gasteiger partial charge on any atom is 0.307 e. The molecular weight excluding hydrogens is 274 g/mol. The number of rotatable bonds is 6. The highest BCUT2D eigenvalue weighted by molar-refractivity contribution is 6.30. The Kier molecular flexibility index (Phi) is 5.29. The Hall–Kier alpha value is -1.63. The first-order valence-corrected chi connectivity index (χ1v) is 5.83. The number of benzene rings is 1. The van der Waals surface area contributed by atoms with Gasteiger partial charge in [-0.25, -0.2) is 0 Å². The van der Waals surface area contributed by atoms with E-state index in [1.807, 2.05) is 0 Å². The second-order valence-electron chi connectivity index (χ2n) is 4.10. The number of halogens is 1. The molecule has 19 heavy (non-hydrogen) atoms. The number of carboxylic acids is 1. The van der Waals surface area contributed by atoms with Gasteiger partial charge >= 0.3 is 5.97 Å². The highest BCUT2D eigenvalue weighted by atomic mass is 35.5. The third-order valence-electron chi connectivity index (χ3n) is 2.54. The van der Waals surface area contributed by atoms with Crippen LogP contribution in [0.2, 0.25) is 5.02 Å². The van der Waals surface area contributed by atoms with E-state index in [0.29, 0.717) is 5.02 Å². The Labute approximate surface area is 114 Å². The molecule has 0 heterocycles. The van der Waals surface area contributed by atoms with Crippen molar-refractivity contribution in [2.24, 2.45) is 5.73 Å². The number of hydrogen-bond acceptors (Lipinski definition) is 4. The first-order valence-electron chi connectivity index (χ1n) is 5.45. The van der Waals surface area contributed by atoms with Crippen molar-refractivity contribution in [3.63, 3.8) is 0 Å². The third-order valence-corrected chi connectivity index (χ3v) is 2.78. The zero-order valence-electron chi connectivity index (χ0n) is 9.91. The molecule has 0 aromatic heterocycles. The highest BCUT2D eigenvalue weighted by Gasteiger charge is 2.23. The molecule has 1 rings (SSSR count). The van der Waals surface area contributed by atoms with E-state index >= 15 is 0 Å². The molecule has 0 fully saturated rings. The first kappa shape index (κ1) is 15.4. The third kappa shape index (κ3) is 4.51. The molecular formula is C12H14ClNO5. The molecule has 0 aliphatic heterocycles. The van der Waals surface area contributed by atoms with Crippen molar-refractivity contribution in [2.75, 3.05) is 0 Å². The van der Waals surface area contributed by atoms with Crippen molar-refractivity contribution in [1.29, 1.82) is 0 Å². The molecule has 1 amide bonds. The van der Waals surface area contributed by atoms with Crippen LogP contribution in [0.15, 0.2) is 18.2 Å². The summed E-state index contributed by atoms with van der Waals surface area (Å²) in [5.74, 6) is -1.86. The molecule has 6 nitrogen and oxygen atoms in total. The maximum atomic E-state index is 10.7. The highest BCUT2D eigenvalue weighted by Crippen LogP contribution is 2.26. The number of carboxylic acid groups (broad SMARTS) is 1. The number of aliphatic hydroxyl groups is 2. The molecule has 1 aromatic carbocycles. The summed E-state index contributed by atoms with van der Waals surface area (Å²) in [6.07, 6.45) is -3.57. The fourth-order valence-corrected chi connectivity index (χ4v) is 1.90. The Morgan fingerprint density at radius 2 is 1.95 bits per heavy atom. The van der Waals surface area contributed by atoms with Gasteiger partial charge in [-0.15, -0.1) is 0 Å². The number of primary amides is 1. The summed E-state index contributed by atoms with van der Waals surface area (Å²) >= 11 is 5.76. The molecule has 0 bridgehead atoms. The van der Waals surface area contributed by atoms with Crippen molar-refractivity contribution < 1.29 is 24.9 Å². The minimum absolute atomic E-state index is 0.209. The summed E-state index contributed by atoms with van der Waals surface area (Å²) in [5.41, 5.74) is 5.41. The molecule has 0 radical (unpaired) electrons. The first-order chi connectivity index (χ1) is 8.81. The van der Waals surface area contributed by atoms with Crippen molar-refractivity contribution in [1.82, 2.24) is 0 Å². The lowest BCUT2D eigenvalue weighted by Crippen LogP contribution is -2.26. The summed E-state index contributed by atoms with van der Waals surface area (Å²) in [7, 11) is 0. The normalized spacial score (nSPS) is 13.8. The molecule has 5 N–H and O–H groups in total. The fourth-order valence-electron chi connectivity index (χ4n) is 1.70. The van der Waals surface area contributed by atoms with Crippen LogP contribution in [0.4, 0.5) is 0 Å². The van der Waals surface area contributed by atoms with E-state index in [4.69, 9.17) is 22.4 Å². The van der Waals surface area contributed by atoms with E-state index in [1.165, 1.54) is 18.2 Å². The predicted molar refractivity (Wildman–Crippen MR) is 67.6 cm³/mol. The SMILES string of the molecule is NC(=O)CC(O)C(O)c1ccc(Cl)cc1CC(=O)O. The van der Waals surface area contributed by atoms with E-state index < -0.39 is 30.5 Å². The molecule has 0 aliphatic carbocycles. The summed E-state index contributed by atoms with van der Waals surface area (Å²) in [5, 5.41) is 28.7. The molecule has 0 saturated carbocycles. The van der Waals surface area contributed by atoms with Gasteiger partial charge in [0.05, 0.1) is 18.9 Å². The van der Waals surface area contributed by atoms with Gasteiger partial charge in [0, 0.05) is 5.02 Å². The monoisotopic (exact) mass is 287 g/mol. The van der Waals surface area contributed by atoms with Gasteiger partial charge in [0.2, 0.25) is 5.91 Å². The van der Waals surface area contributed by atoms with Crippen molar-refractivity contribution in [3.8, 4) is 0 Å². The van der Waals surface area contributed by atoms with E-state index in [2.05, 4.69) is 0 Å². The van der Waals surface area contributed by atoms with E-state index in [9.17, 15) is 19.8 Å². The van der Waals surface area contributed by atoms with Gasteiger partial charge in [0.15, 0.2) is 0 Å². The lowest BCUT2D eigenvalue weighted by Gasteiger charge is -2.19. The number of amides is 1. The summed E-state index contributed by atoms with van der Waals surface area (Å²) in [6, 6.07) is 4.27. The van der Waals surface area contributed by atoms with Gasteiger partial charge in [-0.05, 0) is 23.3 Å².